The lowest BCUT2D eigenvalue weighted by atomic mass is 10.0. The number of aromatic hydroxyl groups is 2. The van der Waals surface area contributed by atoms with Gasteiger partial charge < -0.3 is 15.3 Å². The van der Waals surface area contributed by atoms with Crippen LogP contribution in [0.15, 0.2) is 42.5 Å². The van der Waals surface area contributed by atoms with Crippen molar-refractivity contribution in [1.82, 2.24) is 9.78 Å². The molecule has 0 spiro atoms. The van der Waals surface area contributed by atoms with Gasteiger partial charge in [0.15, 0.2) is 11.5 Å². The topological polar surface area (TPSA) is 95.6 Å². The van der Waals surface area contributed by atoms with Crippen molar-refractivity contribution in [3.63, 3.8) is 0 Å². The van der Waals surface area contributed by atoms with Crippen LogP contribution in [0.2, 0.25) is 5.02 Å². The zero-order valence-electron chi connectivity index (χ0n) is 14.0. The van der Waals surface area contributed by atoms with Gasteiger partial charge in [-0.1, -0.05) is 31.0 Å². The van der Waals surface area contributed by atoms with Crippen LogP contribution in [0.25, 0.3) is 16.9 Å². The molecule has 3 aromatic rings. The Hall–Kier alpha value is -2.99. The van der Waals surface area contributed by atoms with E-state index in [0.717, 1.165) is 6.42 Å². The third kappa shape index (κ3) is 3.23. The zero-order valence-corrected chi connectivity index (χ0v) is 14.7. The molecule has 0 fully saturated rings. The Morgan fingerprint density at radius 3 is 2.54 bits per heavy atom. The summed E-state index contributed by atoms with van der Waals surface area (Å²) in [6, 6.07) is 11.1. The molecule has 2 aromatic carbocycles. The van der Waals surface area contributed by atoms with E-state index in [-0.39, 0.29) is 22.8 Å². The molecule has 0 saturated heterocycles. The maximum absolute atomic E-state index is 12.0. The predicted molar refractivity (Wildman–Crippen MR) is 98.3 cm³/mol. The van der Waals surface area contributed by atoms with Gasteiger partial charge in [0.2, 0.25) is 0 Å². The minimum absolute atomic E-state index is 0.0666. The molecule has 1 heterocycles. The van der Waals surface area contributed by atoms with Gasteiger partial charge in [-0.3, -0.25) is 0 Å². The molecule has 0 unspecified atom stereocenters. The van der Waals surface area contributed by atoms with E-state index in [2.05, 4.69) is 5.10 Å². The maximum atomic E-state index is 12.0. The van der Waals surface area contributed by atoms with E-state index in [0.29, 0.717) is 28.4 Å². The number of carboxylic acids is 1. The third-order valence-corrected chi connectivity index (χ3v) is 4.22. The Labute approximate surface area is 154 Å². The van der Waals surface area contributed by atoms with Crippen molar-refractivity contribution in [2.75, 3.05) is 0 Å². The molecule has 7 heteroatoms. The third-order valence-electron chi connectivity index (χ3n) is 3.98. The van der Waals surface area contributed by atoms with Crippen molar-refractivity contribution in [2.24, 2.45) is 0 Å². The number of rotatable bonds is 5. The van der Waals surface area contributed by atoms with Crippen LogP contribution in [0.4, 0.5) is 0 Å². The van der Waals surface area contributed by atoms with Gasteiger partial charge in [0, 0.05) is 10.6 Å². The predicted octanol–water partition coefficient (Wildman–Crippen LogP) is 4.25. The van der Waals surface area contributed by atoms with Crippen LogP contribution in [0.5, 0.6) is 11.5 Å². The molecule has 134 valence electrons. The second-order valence-corrected chi connectivity index (χ2v) is 6.26. The SMILES string of the molecule is CCCc1c(C(=O)O)c(-c2ccc(O)c(O)c2)nn1-c1cccc(Cl)c1. The first-order valence-electron chi connectivity index (χ1n) is 8.05. The van der Waals surface area contributed by atoms with E-state index in [9.17, 15) is 20.1 Å². The van der Waals surface area contributed by atoms with Crippen molar-refractivity contribution in [3.8, 4) is 28.4 Å². The molecular formula is C19H17ClN2O4. The molecule has 0 radical (unpaired) electrons. The number of nitrogens with zero attached hydrogens (tertiary/aromatic N) is 2. The molecule has 0 aliphatic rings. The summed E-state index contributed by atoms with van der Waals surface area (Å²) in [6.07, 6.45) is 1.23. The lowest BCUT2D eigenvalue weighted by Crippen LogP contribution is -2.06. The standard InChI is InChI=1S/C19H17ClN2O4/c1-2-4-14-17(19(25)26)18(11-7-8-15(23)16(24)9-11)21-22(14)13-6-3-5-12(20)10-13/h3,5-10,23-24H,2,4H2,1H3,(H,25,26). The van der Waals surface area contributed by atoms with Crippen LogP contribution in [0, 0.1) is 0 Å². The summed E-state index contributed by atoms with van der Waals surface area (Å²) in [4.78, 5) is 12.0. The highest BCUT2D eigenvalue weighted by molar-refractivity contribution is 6.30. The van der Waals surface area contributed by atoms with E-state index in [1.54, 1.807) is 28.9 Å². The summed E-state index contributed by atoms with van der Waals surface area (Å²) in [5.74, 6) is -1.73. The lowest BCUT2D eigenvalue weighted by molar-refractivity contribution is 0.0696. The summed E-state index contributed by atoms with van der Waals surface area (Å²) in [6.45, 7) is 1.95. The van der Waals surface area contributed by atoms with Crippen molar-refractivity contribution in [2.45, 2.75) is 19.8 Å². The first kappa shape index (κ1) is 17.8. The van der Waals surface area contributed by atoms with Gasteiger partial charge in [0.05, 0.1) is 11.4 Å². The molecule has 6 nitrogen and oxygen atoms in total. The molecule has 26 heavy (non-hydrogen) atoms. The molecule has 0 aliphatic carbocycles. The van der Waals surface area contributed by atoms with Gasteiger partial charge in [0.1, 0.15) is 11.3 Å². The summed E-state index contributed by atoms with van der Waals surface area (Å²) >= 11 is 6.07. The van der Waals surface area contributed by atoms with E-state index in [4.69, 9.17) is 11.6 Å². The number of phenolic OH excluding ortho intramolecular Hbond substituents is 2. The minimum Gasteiger partial charge on any atom is -0.504 e. The number of benzene rings is 2. The van der Waals surface area contributed by atoms with Crippen LogP contribution >= 0.6 is 11.6 Å². The molecule has 3 rings (SSSR count). The smallest absolute Gasteiger partial charge is 0.339 e. The van der Waals surface area contributed by atoms with Gasteiger partial charge in [-0.2, -0.15) is 5.10 Å². The number of phenols is 2. The first-order valence-corrected chi connectivity index (χ1v) is 8.43. The number of aromatic nitrogens is 2. The quantitative estimate of drug-likeness (QED) is 0.582. The van der Waals surface area contributed by atoms with Crippen LogP contribution in [-0.2, 0) is 6.42 Å². The van der Waals surface area contributed by atoms with E-state index < -0.39 is 5.97 Å². The fourth-order valence-electron chi connectivity index (χ4n) is 2.84. The molecule has 0 atom stereocenters. The van der Waals surface area contributed by atoms with Crippen LogP contribution in [0.3, 0.4) is 0 Å². The number of hydrogen-bond donors (Lipinski definition) is 3. The average molecular weight is 373 g/mol. The van der Waals surface area contributed by atoms with Crippen LogP contribution in [0.1, 0.15) is 29.4 Å². The monoisotopic (exact) mass is 372 g/mol. The molecular weight excluding hydrogens is 356 g/mol. The van der Waals surface area contributed by atoms with E-state index in [1.807, 2.05) is 6.92 Å². The summed E-state index contributed by atoms with van der Waals surface area (Å²) in [5.41, 5.74) is 1.88. The number of carboxylic acid groups (broad SMARTS) is 1. The fraction of sp³-hybridized carbons (Fsp3) is 0.158. The zero-order chi connectivity index (χ0) is 18.8. The maximum Gasteiger partial charge on any atom is 0.339 e. The second-order valence-electron chi connectivity index (χ2n) is 5.82. The van der Waals surface area contributed by atoms with Crippen molar-refractivity contribution in [3.05, 3.63) is 58.7 Å². The first-order chi connectivity index (χ1) is 12.4. The largest absolute Gasteiger partial charge is 0.504 e. The lowest BCUT2D eigenvalue weighted by Gasteiger charge is -2.07. The van der Waals surface area contributed by atoms with Crippen molar-refractivity contribution >= 4 is 17.6 Å². The molecule has 1 aromatic heterocycles. The van der Waals surface area contributed by atoms with Gasteiger partial charge in [-0.15, -0.1) is 0 Å². The Balaban J connectivity index is 2.29. The van der Waals surface area contributed by atoms with Gasteiger partial charge >= 0.3 is 5.97 Å². The highest BCUT2D eigenvalue weighted by atomic mass is 35.5. The minimum atomic E-state index is -1.11. The molecule has 0 saturated carbocycles. The fourth-order valence-corrected chi connectivity index (χ4v) is 3.02. The Morgan fingerprint density at radius 1 is 1.15 bits per heavy atom. The van der Waals surface area contributed by atoms with Gasteiger partial charge in [-0.25, -0.2) is 9.48 Å². The summed E-state index contributed by atoms with van der Waals surface area (Å²) in [7, 11) is 0. The van der Waals surface area contributed by atoms with E-state index >= 15 is 0 Å². The normalized spacial score (nSPS) is 10.8. The second kappa shape index (κ2) is 7.09. The van der Waals surface area contributed by atoms with Crippen LogP contribution < -0.4 is 0 Å². The van der Waals surface area contributed by atoms with Crippen molar-refractivity contribution in [1.29, 1.82) is 0 Å². The molecule has 0 bridgehead atoms. The molecule has 0 aliphatic heterocycles. The number of halogens is 1. The van der Waals surface area contributed by atoms with Gasteiger partial charge in [-0.05, 0) is 42.8 Å². The number of carbonyl (C=O) groups is 1. The van der Waals surface area contributed by atoms with Crippen LogP contribution in [-0.4, -0.2) is 31.1 Å². The van der Waals surface area contributed by atoms with Gasteiger partial charge in [0.25, 0.3) is 0 Å². The summed E-state index contributed by atoms with van der Waals surface area (Å²) in [5, 5.41) is 34.1. The van der Waals surface area contributed by atoms with E-state index in [1.165, 1.54) is 18.2 Å². The highest BCUT2D eigenvalue weighted by Crippen LogP contribution is 2.34. The summed E-state index contributed by atoms with van der Waals surface area (Å²) < 4.78 is 1.57. The molecule has 3 N–H and O–H groups in total. The highest BCUT2D eigenvalue weighted by Gasteiger charge is 2.25. The Kier molecular flexibility index (Phi) is 4.86. The average Bonchev–Trinajstić information content (AvgIpc) is 2.97. The Bertz CT molecular complexity index is 982. The number of aromatic carboxylic acids is 1. The Morgan fingerprint density at radius 2 is 1.92 bits per heavy atom. The number of hydrogen-bond acceptors (Lipinski definition) is 4. The molecule has 0 amide bonds. The van der Waals surface area contributed by atoms with Crippen molar-refractivity contribution < 1.29 is 20.1 Å².